The first-order valence-electron chi connectivity index (χ1n) is 18.0. The van der Waals surface area contributed by atoms with Crippen molar-refractivity contribution >= 4 is 5.97 Å². The van der Waals surface area contributed by atoms with Gasteiger partial charge in [0.25, 0.3) is 0 Å². The Morgan fingerprint density at radius 1 is 0.979 bits per heavy atom. The third-order valence-corrected chi connectivity index (χ3v) is 12.0. The number of likely N-dealkylation sites (N-methyl/N-ethyl adjacent to an activating group) is 1. The Morgan fingerprint density at radius 2 is 1.62 bits per heavy atom. The molecule has 2 unspecified atom stereocenters. The van der Waals surface area contributed by atoms with Gasteiger partial charge in [0.2, 0.25) is 0 Å². The summed E-state index contributed by atoms with van der Waals surface area (Å²) in [7, 11) is 5.62. The number of methoxy groups -OCH3 is 1. The number of esters is 1. The molecule has 4 aliphatic heterocycles. The lowest BCUT2D eigenvalue weighted by atomic mass is 9.67. The van der Waals surface area contributed by atoms with Crippen LogP contribution in [0.4, 0.5) is 0 Å². The second-order valence-electron chi connectivity index (χ2n) is 16.4. The molecule has 11 nitrogen and oxygen atoms in total. The summed E-state index contributed by atoms with van der Waals surface area (Å²) >= 11 is 0. The lowest BCUT2D eigenvalue weighted by Crippen LogP contribution is -2.62. The van der Waals surface area contributed by atoms with E-state index in [-0.39, 0.29) is 24.7 Å². The minimum absolute atomic E-state index is 0.144. The van der Waals surface area contributed by atoms with Crippen LogP contribution in [0, 0.1) is 23.7 Å². The Labute approximate surface area is 288 Å². The molecule has 48 heavy (non-hydrogen) atoms. The molecular weight excluding hydrogens is 618 g/mol. The van der Waals surface area contributed by atoms with Crippen molar-refractivity contribution in [1.82, 2.24) is 4.90 Å². The quantitative estimate of drug-likeness (QED) is 0.348. The van der Waals surface area contributed by atoms with E-state index in [9.17, 15) is 20.1 Å². The average Bonchev–Trinajstić information content (AvgIpc) is 3.31. The number of hydrogen-bond donors (Lipinski definition) is 3. The van der Waals surface area contributed by atoms with Crippen molar-refractivity contribution in [2.45, 2.75) is 173 Å². The summed E-state index contributed by atoms with van der Waals surface area (Å²) < 4.78 is 38.9. The molecule has 3 fully saturated rings. The van der Waals surface area contributed by atoms with Gasteiger partial charge in [0.05, 0.1) is 48.1 Å². The van der Waals surface area contributed by atoms with Crippen LogP contribution in [0.1, 0.15) is 101 Å². The smallest absolute Gasteiger partial charge is 0.311 e. The van der Waals surface area contributed by atoms with Crippen LogP contribution in [0.3, 0.4) is 0 Å². The molecule has 16 atom stereocenters. The Kier molecular flexibility index (Phi) is 12.1. The van der Waals surface area contributed by atoms with Crippen LogP contribution in [0.15, 0.2) is 11.3 Å². The van der Waals surface area contributed by atoms with Gasteiger partial charge in [-0.3, -0.25) is 4.79 Å². The highest BCUT2D eigenvalue weighted by Gasteiger charge is 2.58. The zero-order chi connectivity index (χ0) is 36.1. The van der Waals surface area contributed by atoms with E-state index in [1.54, 1.807) is 14.0 Å². The third-order valence-electron chi connectivity index (χ3n) is 12.0. The molecule has 0 amide bonds. The molecule has 278 valence electrons. The molecule has 0 radical (unpaired) electrons. The summed E-state index contributed by atoms with van der Waals surface area (Å²) in [4.78, 5) is 16.2. The number of carbonyl (C=O) groups excluding carboxylic acids is 1. The number of rotatable bonds is 6. The zero-order valence-corrected chi connectivity index (χ0v) is 31.7. The molecule has 4 rings (SSSR count). The number of hydrogen-bond acceptors (Lipinski definition) is 11. The average molecular weight is 684 g/mol. The lowest BCUT2D eigenvalue weighted by molar-refractivity contribution is -0.275. The van der Waals surface area contributed by atoms with Crippen molar-refractivity contribution in [2.24, 2.45) is 23.7 Å². The molecule has 0 aromatic heterocycles. The molecule has 0 aliphatic carbocycles. The Bertz CT molecular complexity index is 1160. The molecule has 2 bridgehead atoms. The summed E-state index contributed by atoms with van der Waals surface area (Å²) in [6.45, 7) is 19.0. The van der Waals surface area contributed by atoms with Crippen LogP contribution in [-0.4, -0.2) is 119 Å². The topological polar surface area (TPSA) is 136 Å². The molecule has 4 aliphatic rings. The molecular formula is C37H65NO10. The molecule has 0 saturated carbocycles. The fourth-order valence-corrected chi connectivity index (χ4v) is 9.33. The van der Waals surface area contributed by atoms with Crippen molar-refractivity contribution in [3.8, 4) is 0 Å². The van der Waals surface area contributed by atoms with Crippen molar-refractivity contribution in [1.29, 1.82) is 0 Å². The SMILES string of the molecule is CC[C@H]1OC(=O)[C@H](C)[C@@H](O[C@H]2C[C@@](C)(OC)C[C@H](C)O2)[C@H](C)C(C2O[C@H](C)C[C@H](N(C)C)[C@H]2O)[C@@]2(C)CC(C)=C(O2)[C@H](C)[C@@H](O)[C@]1(C)O. The van der Waals surface area contributed by atoms with E-state index >= 15 is 0 Å². The largest absolute Gasteiger partial charge is 0.491 e. The number of aliphatic hydroxyl groups is 3. The molecule has 11 heteroatoms. The van der Waals surface area contributed by atoms with E-state index in [0.717, 1.165) is 5.57 Å². The fourth-order valence-electron chi connectivity index (χ4n) is 9.33. The van der Waals surface area contributed by atoms with Crippen LogP contribution in [0.2, 0.25) is 0 Å². The summed E-state index contributed by atoms with van der Waals surface area (Å²) in [5.41, 5.74) is -2.21. The molecule has 0 aromatic carbocycles. The number of nitrogens with zero attached hydrogens (tertiary/aromatic N) is 1. The third kappa shape index (κ3) is 7.64. The molecule has 3 saturated heterocycles. The van der Waals surface area contributed by atoms with E-state index < -0.39 is 83.3 Å². The second-order valence-corrected chi connectivity index (χ2v) is 16.4. The Hall–Kier alpha value is -1.31. The molecule has 0 spiro atoms. The number of fused-ring (bicyclic) bond motifs is 2. The highest BCUT2D eigenvalue weighted by molar-refractivity contribution is 5.73. The highest BCUT2D eigenvalue weighted by Crippen LogP contribution is 2.51. The van der Waals surface area contributed by atoms with Crippen LogP contribution in [0.5, 0.6) is 0 Å². The normalized spacial score (nSPS) is 49.5. The van der Waals surface area contributed by atoms with E-state index in [0.29, 0.717) is 31.4 Å². The first-order chi connectivity index (χ1) is 22.2. The van der Waals surface area contributed by atoms with Crippen molar-refractivity contribution in [3.05, 3.63) is 11.3 Å². The monoisotopic (exact) mass is 683 g/mol. The van der Waals surface area contributed by atoms with Gasteiger partial charge >= 0.3 is 5.97 Å². The predicted octanol–water partition coefficient (Wildman–Crippen LogP) is 4.20. The van der Waals surface area contributed by atoms with Crippen LogP contribution < -0.4 is 0 Å². The van der Waals surface area contributed by atoms with Crippen molar-refractivity contribution < 1.29 is 48.5 Å². The van der Waals surface area contributed by atoms with Crippen molar-refractivity contribution in [3.63, 3.8) is 0 Å². The fraction of sp³-hybridized carbons (Fsp3) is 0.919. The van der Waals surface area contributed by atoms with Crippen LogP contribution in [-0.2, 0) is 33.2 Å². The van der Waals surface area contributed by atoms with Gasteiger partial charge in [-0.05, 0) is 86.9 Å². The van der Waals surface area contributed by atoms with E-state index in [4.69, 9.17) is 28.4 Å². The Balaban J connectivity index is 1.89. The first-order valence-corrected chi connectivity index (χ1v) is 18.0. The van der Waals surface area contributed by atoms with Gasteiger partial charge < -0.3 is 48.6 Å². The van der Waals surface area contributed by atoms with Gasteiger partial charge in [-0.2, -0.15) is 0 Å². The highest BCUT2D eigenvalue weighted by atomic mass is 16.7. The summed E-state index contributed by atoms with van der Waals surface area (Å²) in [5, 5.41) is 35.5. The van der Waals surface area contributed by atoms with Crippen molar-refractivity contribution in [2.75, 3.05) is 21.2 Å². The van der Waals surface area contributed by atoms with Gasteiger partial charge in [-0.1, -0.05) is 20.8 Å². The maximum absolute atomic E-state index is 14.2. The zero-order valence-electron chi connectivity index (χ0n) is 31.7. The lowest BCUT2D eigenvalue weighted by Gasteiger charge is -2.51. The number of ether oxygens (including phenoxy) is 6. The predicted molar refractivity (Wildman–Crippen MR) is 181 cm³/mol. The van der Waals surface area contributed by atoms with Gasteiger partial charge in [-0.25, -0.2) is 0 Å². The summed E-state index contributed by atoms with van der Waals surface area (Å²) in [5.74, 6) is -2.28. The maximum Gasteiger partial charge on any atom is 0.311 e. The van der Waals surface area contributed by atoms with E-state index in [2.05, 4.69) is 0 Å². The second kappa shape index (κ2) is 14.7. The number of carbonyl (C=O) groups is 1. The summed E-state index contributed by atoms with van der Waals surface area (Å²) in [6.07, 6.45) is -2.93. The number of cyclic esters (lactones) is 1. The van der Waals surface area contributed by atoms with E-state index in [1.807, 2.05) is 74.4 Å². The minimum Gasteiger partial charge on any atom is -0.491 e. The van der Waals surface area contributed by atoms with Gasteiger partial charge in [0.1, 0.15) is 23.1 Å². The van der Waals surface area contributed by atoms with E-state index in [1.165, 1.54) is 6.92 Å². The molecule has 0 aromatic rings. The van der Waals surface area contributed by atoms with Gasteiger partial charge in [-0.15, -0.1) is 0 Å². The maximum atomic E-state index is 14.2. The molecule has 4 heterocycles. The summed E-state index contributed by atoms with van der Waals surface area (Å²) in [6, 6.07) is -0.165. The van der Waals surface area contributed by atoms with Crippen LogP contribution >= 0.6 is 0 Å². The first kappa shape index (κ1) is 39.5. The number of aliphatic hydroxyl groups excluding tert-OH is 2. The molecule has 3 N–H and O–H groups in total. The van der Waals surface area contributed by atoms with Gasteiger partial charge in [0.15, 0.2) is 6.29 Å². The van der Waals surface area contributed by atoms with Crippen LogP contribution in [0.25, 0.3) is 0 Å². The minimum atomic E-state index is -1.77. The van der Waals surface area contributed by atoms with Gasteiger partial charge in [0, 0.05) is 44.2 Å². The standard InChI is InChI=1S/C37H65NO10/c1-14-26-37(10,42)33(40)23(6)30-19(2)16-36(9,48-30)28(32-29(39)25(38(11)12)15-20(3)45-32)22(5)31(24(7)34(41)46-26)47-27-18-35(8,43-13)17-21(4)44-27/h20-29,31-33,39-40,42H,14-18H2,1-13H3/t20-,21+,22-,23+,24-,25+,26-,27+,28?,29-,31+,32?,33-,35+,36-,37-/m1/s1. The Morgan fingerprint density at radius 3 is 2.21 bits per heavy atom.